The summed E-state index contributed by atoms with van der Waals surface area (Å²) in [7, 11) is 0. The standard InChI is InChI=1S/C19H23ClN2O2/c20-16-8-4-9-17(14-16)22-19(24)11-12-21-18(10-5-13-23)15-6-2-1-3-7-15/h1-4,6-9,14,18,21,23H,5,10-13H2,(H,22,24). The third-order valence-corrected chi connectivity index (χ3v) is 3.94. The van der Waals surface area contributed by atoms with Gasteiger partial charge in [-0.2, -0.15) is 0 Å². The molecule has 0 saturated heterocycles. The van der Waals surface area contributed by atoms with Crippen LogP contribution in [0.25, 0.3) is 0 Å². The number of nitrogens with one attached hydrogen (secondary N) is 2. The zero-order valence-corrected chi connectivity index (χ0v) is 14.3. The molecule has 0 aliphatic rings. The Labute approximate surface area is 147 Å². The normalized spacial score (nSPS) is 11.9. The fraction of sp³-hybridized carbons (Fsp3) is 0.316. The molecule has 0 saturated carbocycles. The second-order valence-corrected chi connectivity index (χ2v) is 6.03. The van der Waals surface area contributed by atoms with Crippen molar-refractivity contribution in [1.82, 2.24) is 5.32 Å². The first kappa shape index (κ1) is 18.5. The maximum Gasteiger partial charge on any atom is 0.225 e. The average Bonchev–Trinajstić information content (AvgIpc) is 2.58. The highest BCUT2D eigenvalue weighted by Gasteiger charge is 2.11. The van der Waals surface area contributed by atoms with Crippen molar-refractivity contribution >= 4 is 23.2 Å². The van der Waals surface area contributed by atoms with Gasteiger partial charge in [0.05, 0.1) is 0 Å². The van der Waals surface area contributed by atoms with E-state index >= 15 is 0 Å². The summed E-state index contributed by atoms with van der Waals surface area (Å²) in [5.74, 6) is -0.0567. The number of benzene rings is 2. The Balaban J connectivity index is 1.82. The predicted octanol–water partition coefficient (Wildman–Crippen LogP) is 3.77. The molecular formula is C19H23ClN2O2. The zero-order chi connectivity index (χ0) is 17.2. The third kappa shape index (κ3) is 6.32. The van der Waals surface area contributed by atoms with E-state index in [4.69, 9.17) is 16.7 Å². The van der Waals surface area contributed by atoms with Crippen LogP contribution in [-0.2, 0) is 4.79 Å². The van der Waals surface area contributed by atoms with Crippen LogP contribution in [0.3, 0.4) is 0 Å². The van der Waals surface area contributed by atoms with Crippen LogP contribution in [0.1, 0.15) is 30.9 Å². The predicted molar refractivity (Wildman–Crippen MR) is 98.2 cm³/mol. The van der Waals surface area contributed by atoms with Crippen molar-refractivity contribution in [2.45, 2.75) is 25.3 Å². The molecule has 128 valence electrons. The number of hydrogen-bond donors (Lipinski definition) is 3. The minimum Gasteiger partial charge on any atom is -0.396 e. The molecule has 3 N–H and O–H groups in total. The third-order valence-electron chi connectivity index (χ3n) is 3.70. The summed E-state index contributed by atoms with van der Waals surface area (Å²) in [5.41, 5.74) is 1.87. The number of hydrogen-bond acceptors (Lipinski definition) is 3. The van der Waals surface area contributed by atoms with Gasteiger partial charge in [-0.05, 0) is 36.6 Å². The lowest BCUT2D eigenvalue weighted by atomic mass is 10.0. The van der Waals surface area contributed by atoms with Crippen LogP contribution < -0.4 is 10.6 Å². The van der Waals surface area contributed by atoms with Crippen LogP contribution in [0.2, 0.25) is 5.02 Å². The molecule has 1 unspecified atom stereocenters. The first-order valence-electron chi connectivity index (χ1n) is 8.13. The van der Waals surface area contributed by atoms with Gasteiger partial charge in [-0.25, -0.2) is 0 Å². The van der Waals surface area contributed by atoms with Gasteiger partial charge in [0, 0.05) is 36.3 Å². The number of carbonyl (C=O) groups is 1. The van der Waals surface area contributed by atoms with Crippen LogP contribution in [0.15, 0.2) is 54.6 Å². The molecule has 0 aliphatic heterocycles. The van der Waals surface area contributed by atoms with E-state index < -0.39 is 0 Å². The highest BCUT2D eigenvalue weighted by atomic mass is 35.5. The monoisotopic (exact) mass is 346 g/mol. The summed E-state index contributed by atoms with van der Waals surface area (Å²) < 4.78 is 0. The molecule has 0 bridgehead atoms. The van der Waals surface area contributed by atoms with Gasteiger partial charge in [0.1, 0.15) is 0 Å². The summed E-state index contributed by atoms with van der Waals surface area (Å²) in [4.78, 5) is 12.0. The molecule has 5 heteroatoms. The molecule has 2 aromatic carbocycles. The van der Waals surface area contributed by atoms with Crippen molar-refractivity contribution < 1.29 is 9.90 Å². The Morgan fingerprint density at radius 2 is 1.92 bits per heavy atom. The Morgan fingerprint density at radius 3 is 2.62 bits per heavy atom. The minimum absolute atomic E-state index is 0.0567. The molecular weight excluding hydrogens is 324 g/mol. The van der Waals surface area contributed by atoms with Crippen molar-refractivity contribution in [1.29, 1.82) is 0 Å². The van der Waals surface area contributed by atoms with Crippen LogP contribution in [0, 0.1) is 0 Å². The van der Waals surface area contributed by atoms with Crippen LogP contribution in [0.4, 0.5) is 5.69 Å². The Kier molecular flexibility index (Phi) is 7.75. The molecule has 0 aromatic heterocycles. The largest absolute Gasteiger partial charge is 0.396 e. The molecule has 0 spiro atoms. The number of aliphatic hydroxyl groups is 1. The van der Waals surface area contributed by atoms with E-state index in [9.17, 15) is 4.79 Å². The summed E-state index contributed by atoms with van der Waals surface area (Å²) in [5, 5.41) is 15.9. The van der Waals surface area contributed by atoms with Gasteiger partial charge in [-0.1, -0.05) is 48.0 Å². The van der Waals surface area contributed by atoms with E-state index in [1.165, 1.54) is 5.56 Å². The molecule has 2 rings (SSSR count). The van der Waals surface area contributed by atoms with Gasteiger partial charge < -0.3 is 15.7 Å². The number of rotatable bonds is 9. The van der Waals surface area contributed by atoms with Gasteiger partial charge in [-0.15, -0.1) is 0 Å². The summed E-state index contributed by atoms with van der Waals surface area (Å²) in [6.45, 7) is 0.734. The van der Waals surface area contributed by atoms with E-state index in [0.717, 1.165) is 12.8 Å². The Hall–Kier alpha value is -1.88. The first-order chi connectivity index (χ1) is 11.7. The van der Waals surface area contributed by atoms with Gasteiger partial charge in [0.2, 0.25) is 5.91 Å². The summed E-state index contributed by atoms with van der Waals surface area (Å²) in [6, 6.07) is 17.3. The molecule has 2 aromatic rings. The highest BCUT2D eigenvalue weighted by Crippen LogP contribution is 2.18. The van der Waals surface area contributed by atoms with Crippen LogP contribution >= 0.6 is 11.6 Å². The molecule has 1 atom stereocenters. The van der Waals surface area contributed by atoms with Crippen LogP contribution in [-0.4, -0.2) is 24.2 Å². The summed E-state index contributed by atoms with van der Waals surface area (Å²) in [6.07, 6.45) is 1.92. The fourth-order valence-corrected chi connectivity index (χ4v) is 2.71. The lowest BCUT2D eigenvalue weighted by molar-refractivity contribution is -0.116. The van der Waals surface area contributed by atoms with Gasteiger partial charge in [-0.3, -0.25) is 4.79 Å². The van der Waals surface area contributed by atoms with Gasteiger partial charge in [0.15, 0.2) is 0 Å². The van der Waals surface area contributed by atoms with Crippen molar-refractivity contribution in [2.75, 3.05) is 18.5 Å². The van der Waals surface area contributed by atoms with Crippen molar-refractivity contribution in [3.63, 3.8) is 0 Å². The smallest absolute Gasteiger partial charge is 0.225 e. The maximum absolute atomic E-state index is 12.0. The number of anilines is 1. The second kappa shape index (κ2) is 10.1. The lowest BCUT2D eigenvalue weighted by Crippen LogP contribution is -2.26. The Bertz CT molecular complexity index is 634. The van der Waals surface area contributed by atoms with Crippen molar-refractivity contribution in [2.24, 2.45) is 0 Å². The van der Waals surface area contributed by atoms with E-state index in [-0.39, 0.29) is 18.6 Å². The lowest BCUT2D eigenvalue weighted by Gasteiger charge is -2.19. The number of aliphatic hydroxyl groups excluding tert-OH is 1. The van der Waals surface area contributed by atoms with Crippen LogP contribution in [0.5, 0.6) is 0 Å². The molecule has 1 amide bonds. The van der Waals surface area contributed by atoms with Gasteiger partial charge >= 0.3 is 0 Å². The van der Waals surface area contributed by atoms with E-state index in [1.807, 2.05) is 24.3 Å². The SMILES string of the molecule is O=C(CCNC(CCCO)c1ccccc1)Nc1cccc(Cl)c1. The van der Waals surface area contributed by atoms with E-state index in [1.54, 1.807) is 18.2 Å². The quantitative estimate of drug-likeness (QED) is 0.647. The molecule has 0 aliphatic carbocycles. The first-order valence-corrected chi connectivity index (χ1v) is 8.51. The molecule has 0 heterocycles. The number of halogens is 1. The topological polar surface area (TPSA) is 61.4 Å². The molecule has 4 nitrogen and oxygen atoms in total. The number of amides is 1. The molecule has 0 fully saturated rings. The van der Waals surface area contributed by atoms with E-state index in [0.29, 0.717) is 23.7 Å². The maximum atomic E-state index is 12.0. The molecule has 0 radical (unpaired) electrons. The molecule has 24 heavy (non-hydrogen) atoms. The average molecular weight is 347 g/mol. The van der Waals surface area contributed by atoms with E-state index in [2.05, 4.69) is 22.8 Å². The van der Waals surface area contributed by atoms with Crippen molar-refractivity contribution in [3.05, 3.63) is 65.2 Å². The zero-order valence-electron chi connectivity index (χ0n) is 13.5. The van der Waals surface area contributed by atoms with Crippen molar-refractivity contribution in [3.8, 4) is 0 Å². The summed E-state index contributed by atoms with van der Waals surface area (Å²) >= 11 is 5.91. The number of carbonyl (C=O) groups excluding carboxylic acids is 1. The fourth-order valence-electron chi connectivity index (χ4n) is 2.52. The second-order valence-electron chi connectivity index (χ2n) is 5.59. The minimum atomic E-state index is -0.0567. The highest BCUT2D eigenvalue weighted by molar-refractivity contribution is 6.30. The Morgan fingerprint density at radius 1 is 1.12 bits per heavy atom. The van der Waals surface area contributed by atoms with Gasteiger partial charge in [0.25, 0.3) is 0 Å².